The lowest BCUT2D eigenvalue weighted by Gasteiger charge is -2.30. The molecule has 0 aromatic carbocycles. The lowest BCUT2D eigenvalue weighted by atomic mass is 10.0. The van der Waals surface area contributed by atoms with E-state index in [1.54, 1.807) is 18.3 Å². The largest absolute Gasteiger partial charge is 0.488 e. The number of rotatable bonds is 11. The normalized spacial score (nSPS) is 20.5. The first-order chi connectivity index (χ1) is 21.7. The van der Waals surface area contributed by atoms with E-state index >= 15 is 0 Å². The molecular weight excluding hydrogens is 591 g/mol. The third-order valence-electron chi connectivity index (χ3n) is 6.53. The standard InChI is InChI=1S/C31H25FN4O9/c1-19(20-6-2-10-33-14-20)42-18-31(40)26(44-29(38)22-8-4-12-35-16-22)25(43-30(39)23-9-5-13-36-27(23)32)24(45-31)17-41-28(37)21-7-3-11-34-15-21/h2-16,24-26,40H,1,17-18H2/t24-,25-,26+,31-/m1/s1. The van der Waals surface area contributed by atoms with Crippen molar-refractivity contribution >= 4 is 23.7 Å². The van der Waals surface area contributed by atoms with Crippen LogP contribution in [0.1, 0.15) is 36.6 Å². The number of halogens is 1. The molecule has 4 atom stereocenters. The van der Waals surface area contributed by atoms with E-state index in [4.69, 9.17) is 23.7 Å². The van der Waals surface area contributed by atoms with E-state index in [9.17, 15) is 23.9 Å². The molecule has 13 nitrogen and oxygen atoms in total. The van der Waals surface area contributed by atoms with Crippen molar-refractivity contribution in [3.8, 4) is 0 Å². The van der Waals surface area contributed by atoms with Crippen molar-refractivity contribution < 1.29 is 47.6 Å². The second-order valence-electron chi connectivity index (χ2n) is 9.57. The smallest absolute Gasteiger partial charge is 0.343 e. The van der Waals surface area contributed by atoms with E-state index in [0.717, 1.165) is 12.3 Å². The molecule has 1 aliphatic rings. The Morgan fingerprint density at radius 2 is 1.42 bits per heavy atom. The molecule has 1 saturated heterocycles. The van der Waals surface area contributed by atoms with Gasteiger partial charge in [-0.3, -0.25) is 15.0 Å². The predicted molar refractivity (Wildman–Crippen MR) is 150 cm³/mol. The van der Waals surface area contributed by atoms with Crippen LogP contribution >= 0.6 is 0 Å². The van der Waals surface area contributed by atoms with E-state index in [0.29, 0.717) is 5.56 Å². The summed E-state index contributed by atoms with van der Waals surface area (Å²) in [5.41, 5.74) is 0.0281. The maximum Gasteiger partial charge on any atom is 0.343 e. The fourth-order valence-electron chi connectivity index (χ4n) is 4.31. The Morgan fingerprint density at radius 1 is 0.822 bits per heavy atom. The molecule has 0 unspecified atom stereocenters. The Bertz CT molecular complexity index is 1660. The van der Waals surface area contributed by atoms with Crippen molar-refractivity contribution in [3.63, 3.8) is 0 Å². The van der Waals surface area contributed by atoms with Crippen LogP contribution in [-0.4, -0.2) is 80.3 Å². The summed E-state index contributed by atoms with van der Waals surface area (Å²) in [6, 6.07) is 11.6. The highest BCUT2D eigenvalue weighted by molar-refractivity contribution is 5.90. The first kappa shape index (κ1) is 30.8. The van der Waals surface area contributed by atoms with E-state index < -0.39 is 66.7 Å². The molecule has 45 heavy (non-hydrogen) atoms. The summed E-state index contributed by atoms with van der Waals surface area (Å²) in [5, 5.41) is 11.8. The predicted octanol–water partition coefficient (Wildman–Crippen LogP) is 2.79. The van der Waals surface area contributed by atoms with Crippen molar-refractivity contribution in [2.75, 3.05) is 13.2 Å². The van der Waals surface area contributed by atoms with Crippen LogP contribution in [0.25, 0.3) is 5.76 Å². The average Bonchev–Trinajstić information content (AvgIpc) is 3.33. The van der Waals surface area contributed by atoms with Crippen LogP contribution in [0, 0.1) is 5.95 Å². The average molecular weight is 617 g/mol. The topological polar surface area (TPSA) is 169 Å². The minimum absolute atomic E-state index is 0.00428. The minimum atomic E-state index is -2.51. The van der Waals surface area contributed by atoms with Crippen LogP contribution in [0.15, 0.2) is 98.5 Å². The van der Waals surface area contributed by atoms with Gasteiger partial charge in [-0.05, 0) is 48.5 Å². The van der Waals surface area contributed by atoms with Gasteiger partial charge in [0.1, 0.15) is 30.6 Å². The van der Waals surface area contributed by atoms with Gasteiger partial charge in [0, 0.05) is 48.9 Å². The molecule has 4 aromatic rings. The van der Waals surface area contributed by atoms with Crippen LogP contribution in [0.2, 0.25) is 0 Å². The summed E-state index contributed by atoms with van der Waals surface area (Å²) in [6.45, 7) is 2.52. The highest BCUT2D eigenvalue weighted by Crippen LogP contribution is 2.36. The van der Waals surface area contributed by atoms with Crippen LogP contribution < -0.4 is 0 Å². The van der Waals surface area contributed by atoms with Crippen molar-refractivity contribution in [1.29, 1.82) is 0 Å². The Hall–Kier alpha value is -5.60. The Morgan fingerprint density at radius 3 is 2.02 bits per heavy atom. The third kappa shape index (κ3) is 7.31. The molecule has 0 saturated carbocycles. The second kappa shape index (κ2) is 13.8. The summed E-state index contributed by atoms with van der Waals surface area (Å²) in [5.74, 6) is -6.55. The summed E-state index contributed by atoms with van der Waals surface area (Å²) >= 11 is 0. The van der Waals surface area contributed by atoms with Gasteiger partial charge in [0.15, 0.2) is 12.2 Å². The summed E-state index contributed by atoms with van der Waals surface area (Å²) in [4.78, 5) is 54.2. The van der Waals surface area contributed by atoms with E-state index in [2.05, 4.69) is 26.5 Å². The number of ether oxygens (including phenoxy) is 5. The molecule has 1 aliphatic heterocycles. The van der Waals surface area contributed by atoms with Gasteiger partial charge < -0.3 is 28.8 Å². The van der Waals surface area contributed by atoms with Crippen LogP contribution in [-0.2, 0) is 23.7 Å². The van der Waals surface area contributed by atoms with Crippen molar-refractivity contribution in [3.05, 3.63) is 127 Å². The zero-order valence-corrected chi connectivity index (χ0v) is 23.4. The first-order valence-corrected chi connectivity index (χ1v) is 13.4. The molecule has 0 bridgehead atoms. The van der Waals surface area contributed by atoms with Gasteiger partial charge in [0.2, 0.25) is 11.7 Å². The number of aliphatic hydroxyl groups is 1. The number of pyridine rings is 4. The number of esters is 3. The number of aromatic nitrogens is 4. The van der Waals surface area contributed by atoms with Gasteiger partial charge in [-0.25, -0.2) is 19.4 Å². The van der Waals surface area contributed by atoms with Crippen LogP contribution in [0.4, 0.5) is 4.39 Å². The number of hydrogen-bond acceptors (Lipinski definition) is 13. The Labute approximate surface area is 255 Å². The van der Waals surface area contributed by atoms with Crippen LogP contribution in [0.5, 0.6) is 0 Å². The van der Waals surface area contributed by atoms with Gasteiger partial charge in [-0.15, -0.1) is 0 Å². The number of carbonyl (C=O) groups is 3. The molecule has 0 radical (unpaired) electrons. The summed E-state index contributed by atoms with van der Waals surface area (Å²) in [7, 11) is 0. The quantitative estimate of drug-likeness (QED) is 0.113. The monoisotopic (exact) mass is 616 g/mol. The second-order valence-corrected chi connectivity index (χ2v) is 9.57. The molecule has 5 rings (SSSR count). The zero-order chi connectivity index (χ0) is 31.8. The fraction of sp³-hybridized carbons (Fsp3) is 0.194. The molecular formula is C31H25FN4O9. The number of nitrogens with zero attached hydrogens (tertiary/aromatic N) is 4. The van der Waals surface area contributed by atoms with E-state index in [1.807, 2.05) is 0 Å². The van der Waals surface area contributed by atoms with Gasteiger partial charge in [-0.1, -0.05) is 6.58 Å². The molecule has 4 aromatic heterocycles. The van der Waals surface area contributed by atoms with E-state index in [1.165, 1.54) is 61.3 Å². The SMILES string of the molecule is C=C(OC[C@@]1(O)O[C@H](COC(=O)c2cccnc2)[C@@H](OC(=O)c2cccnc2F)[C@@H]1OC(=O)c1cccnc1)c1cccnc1. The fourth-order valence-corrected chi connectivity index (χ4v) is 4.31. The van der Waals surface area contributed by atoms with E-state index in [-0.39, 0.29) is 16.9 Å². The maximum absolute atomic E-state index is 14.4. The van der Waals surface area contributed by atoms with Gasteiger partial charge in [-0.2, -0.15) is 4.39 Å². The molecule has 14 heteroatoms. The molecule has 1 N–H and O–H groups in total. The minimum Gasteiger partial charge on any atom is -0.488 e. The lowest BCUT2D eigenvalue weighted by molar-refractivity contribution is -0.246. The highest BCUT2D eigenvalue weighted by Gasteiger charge is 2.60. The summed E-state index contributed by atoms with van der Waals surface area (Å²) in [6.07, 6.45) is 4.64. The first-order valence-electron chi connectivity index (χ1n) is 13.4. The van der Waals surface area contributed by atoms with Crippen molar-refractivity contribution in [2.24, 2.45) is 0 Å². The van der Waals surface area contributed by atoms with Crippen molar-refractivity contribution in [1.82, 2.24) is 19.9 Å². The lowest BCUT2D eigenvalue weighted by Crippen LogP contribution is -2.50. The molecule has 0 amide bonds. The number of hydrogen-bond donors (Lipinski definition) is 1. The van der Waals surface area contributed by atoms with Crippen LogP contribution in [0.3, 0.4) is 0 Å². The molecule has 0 spiro atoms. The van der Waals surface area contributed by atoms with Gasteiger partial charge in [0.25, 0.3) is 0 Å². The third-order valence-corrected chi connectivity index (χ3v) is 6.53. The van der Waals surface area contributed by atoms with Crippen molar-refractivity contribution in [2.45, 2.75) is 24.1 Å². The maximum atomic E-state index is 14.4. The highest BCUT2D eigenvalue weighted by atomic mass is 19.1. The van der Waals surface area contributed by atoms with Gasteiger partial charge >= 0.3 is 17.9 Å². The summed E-state index contributed by atoms with van der Waals surface area (Å²) < 4.78 is 42.5. The molecule has 5 heterocycles. The zero-order valence-electron chi connectivity index (χ0n) is 23.4. The molecule has 1 fully saturated rings. The van der Waals surface area contributed by atoms with Gasteiger partial charge in [0.05, 0.1) is 11.1 Å². The Balaban J connectivity index is 1.46. The number of carbonyl (C=O) groups excluding carboxylic acids is 3. The molecule has 0 aliphatic carbocycles. The Kier molecular flexibility index (Phi) is 9.46. The molecule has 230 valence electrons.